The lowest BCUT2D eigenvalue weighted by molar-refractivity contribution is -0.138. The Hall–Kier alpha value is -0.840. The van der Waals surface area contributed by atoms with Crippen LogP contribution in [0.4, 0.5) is 0 Å². The molecule has 0 atom stereocenters. The standard InChI is InChI=1S/C8H14O4S/c1-4-12-8(9)7(3)6-13(10,11)5-2/h3-6H2,1-2H3. The lowest BCUT2D eigenvalue weighted by Crippen LogP contribution is -2.17. The molecule has 0 rings (SSSR count). The van der Waals surface area contributed by atoms with Crippen LogP contribution in [0.15, 0.2) is 12.2 Å². The van der Waals surface area contributed by atoms with Crippen LogP contribution in [0.3, 0.4) is 0 Å². The zero-order valence-corrected chi connectivity index (χ0v) is 8.69. The quantitative estimate of drug-likeness (QED) is 0.486. The van der Waals surface area contributed by atoms with Crippen LogP contribution in [0.5, 0.6) is 0 Å². The first-order chi connectivity index (χ1) is 5.93. The highest BCUT2D eigenvalue weighted by atomic mass is 32.2. The fraction of sp³-hybridized carbons (Fsp3) is 0.625. The van der Waals surface area contributed by atoms with E-state index in [1.807, 2.05) is 0 Å². The number of ether oxygens (including phenoxy) is 1. The van der Waals surface area contributed by atoms with E-state index in [2.05, 4.69) is 11.3 Å². The molecule has 0 N–H and O–H groups in total. The van der Waals surface area contributed by atoms with Gasteiger partial charge in [-0.3, -0.25) is 0 Å². The summed E-state index contributed by atoms with van der Waals surface area (Å²) in [5.74, 6) is -0.951. The van der Waals surface area contributed by atoms with Crippen LogP contribution in [0, 0.1) is 0 Å². The van der Waals surface area contributed by atoms with Crippen molar-refractivity contribution in [1.82, 2.24) is 0 Å². The van der Waals surface area contributed by atoms with Gasteiger partial charge in [-0.15, -0.1) is 0 Å². The number of esters is 1. The van der Waals surface area contributed by atoms with Gasteiger partial charge in [-0.1, -0.05) is 13.5 Å². The molecule has 0 aromatic carbocycles. The van der Waals surface area contributed by atoms with Crippen LogP contribution in [-0.4, -0.2) is 32.5 Å². The summed E-state index contributed by atoms with van der Waals surface area (Å²) in [5, 5.41) is 0. The number of hydrogen-bond donors (Lipinski definition) is 0. The van der Waals surface area contributed by atoms with Gasteiger partial charge in [-0.2, -0.15) is 0 Å². The Kier molecular flexibility index (Phi) is 4.69. The molecule has 0 aromatic heterocycles. The number of hydrogen-bond acceptors (Lipinski definition) is 4. The maximum absolute atomic E-state index is 11.0. The Morgan fingerprint density at radius 1 is 1.38 bits per heavy atom. The van der Waals surface area contributed by atoms with Gasteiger partial charge in [0.2, 0.25) is 0 Å². The summed E-state index contributed by atoms with van der Waals surface area (Å²) in [6, 6.07) is 0. The summed E-state index contributed by atoms with van der Waals surface area (Å²) in [5.41, 5.74) is -0.0105. The summed E-state index contributed by atoms with van der Waals surface area (Å²) < 4.78 is 26.7. The van der Waals surface area contributed by atoms with Crippen LogP contribution >= 0.6 is 0 Å². The molecule has 4 nitrogen and oxygen atoms in total. The Morgan fingerprint density at radius 2 is 1.92 bits per heavy atom. The van der Waals surface area contributed by atoms with E-state index < -0.39 is 15.8 Å². The molecular formula is C8H14O4S. The molecular weight excluding hydrogens is 192 g/mol. The number of sulfone groups is 1. The van der Waals surface area contributed by atoms with Gasteiger partial charge in [0, 0.05) is 11.3 Å². The summed E-state index contributed by atoms with van der Waals surface area (Å²) in [7, 11) is -3.18. The maximum atomic E-state index is 11.0. The third kappa shape index (κ3) is 4.67. The molecule has 0 saturated heterocycles. The second-order valence-electron chi connectivity index (χ2n) is 2.50. The SMILES string of the molecule is C=C(CS(=O)(=O)CC)C(=O)OCC. The van der Waals surface area contributed by atoms with E-state index in [1.165, 1.54) is 6.92 Å². The first kappa shape index (κ1) is 12.2. The molecule has 0 unspecified atom stereocenters. The predicted octanol–water partition coefficient (Wildman–Crippen LogP) is 0.540. The largest absolute Gasteiger partial charge is 0.463 e. The van der Waals surface area contributed by atoms with Gasteiger partial charge in [0.1, 0.15) is 0 Å². The Balaban J connectivity index is 4.24. The van der Waals surface area contributed by atoms with Gasteiger partial charge < -0.3 is 4.74 Å². The van der Waals surface area contributed by atoms with Gasteiger partial charge in [0.05, 0.1) is 12.4 Å². The lowest BCUT2D eigenvalue weighted by Gasteiger charge is -2.04. The topological polar surface area (TPSA) is 60.4 Å². The Morgan fingerprint density at radius 3 is 2.31 bits per heavy atom. The number of rotatable bonds is 5. The van der Waals surface area contributed by atoms with E-state index in [-0.39, 0.29) is 23.7 Å². The molecule has 0 spiro atoms. The minimum Gasteiger partial charge on any atom is -0.463 e. The van der Waals surface area contributed by atoms with E-state index in [1.54, 1.807) is 6.92 Å². The lowest BCUT2D eigenvalue weighted by atomic mass is 10.4. The van der Waals surface area contributed by atoms with E-state index in [0.717, 1.165) is 0 Å². The fourth-order valence-corrected chi connectivity index (χ4v) is 1.51. The van der Waals surface area contributed by atoms with E-state index in [9.17, 15) is 13.2 Å². The summed E-state index contributed by atoms with van der Waals surface area (Å²) in [6.07, 6.45) is 0. The second kappa shape index (κ2) is 5.01. The van der Waals surface area contributed by atoms with Crippen molar-refractivity contribution in [3.8, 4) is 0 Å². The summed E-state index contributed by atoms with van der Waals surface area (Å²) in [4.78, 5) is 11.0. The van der Waals surface area contributed by atoms with Gasteiger partial charge in [-0.25, -0.2) is 13.2 Å². The highest BCUT2D eigenvalue weighted by Crippen LogP contribution is 2.01. The molecule has 0 radical (unpaired) electrons. The van der Waals surface area contributed by atoms with Crippen molar-refractivity contribution in [2.45, 2.75) is 13.8 Å². The van der Waals surface area contributed by atoms with Crippen LogP contribution < -0.4 is 0 Å². The number of carbonyl (C=O) groups is 1. The predicted molar refractivity (Wildman–Crippen MR) is 50.1 cm³/mol. The minimum absolute atomic E-state index is 0.00538. The first-order valence-corrected chi connectivity index (χ1v) is 5.80. The zero-order valence-electron chi connectivity index (χ0n) is 7.87. The molecule has 0 heterocycles. The van der Waals surface area contributed by atoms with Crippen LogP contribution in [-0.2, 0) is 19.4 Å². The summed E-state index contributed by atoms with van der Waals surface area (Å²) >= 11 is 0. The van der Waals surface area contributed by atoms with Crippen LogP contribution in [0.2, 0.25) is 0 Å². The second-order valence-corrected chi connectivity index (χ2v) is 4.85. The van der Waals surface area contributed by atoms with Crippen molar-refractivity contribution in [2.75, 3.05) is 18.1 Å². The first-order valence-electron chi connectivity index (χ1n) is 3.98. The third-order valence-corrected chi connectivity index (χ3v) is 3.07. The van der Waals surface area contributed by atoms with Crippen LogP contribution in [0.1, 0.15) is 13.8 Å². The molecule has 0 bridgehead atoms. The molecule has 13 heavy (non-hydrogen) atoms. The molecule has 76 valence electrons. The maximum Gasteiger partial charge on any atom is 0.334 e. The molecule has 0 aliphatic carbocycles. The van der Waals surface area contributed by atoms with Crippen LogP contribution in [0.25, 0.3) is 0 Å². The summed E-state index contributed by atoms with van der Waals surface area (Å²) in [6.45, 7) is 6.75. The van der Waals surface area contributed by atoms with Crippen molar-refractivity contribution in [3.05, 3.63) is 12.2 Å². The average molecular weight is 206 g/mol. The molecule has 0 saturated carbocycles. The third-order valence-electron chi connectivity index (χ3n) is 1.40. The molecule has 0 aliphatic rings. The molecule has 5 heteroatoms. The Bertz CT molecular complexity index is 289. The minimum atomic E-state index is -3.18. The molecule has 0 aliphatic heterocycles. The molecule has 0 amide bonds. The number of carbonyl (C=O) groups excluding carboxylic acids is 1. The molecule has 0 aromatic rings. The highest BCUT2D eigenvalue weighted by molar-refractivity contribution is 7.91. The monoisotopic (exact) mass is 206 g/mol. The average Bonchev–Trinajstić information content (AvgIpc) is 2.04. The van der Waals surface area contributed by atoms with Crippen molar-refractivity contribution in [1.29, 1.82) is 0 Å². The van der Waals surface area contributed by atoms with Gasteiger partial charge >= 0.3 is 5.97 Å². The van der Waals surface area contributed by atoms with E-state index in [0.29, 0.717) is 0 Å². The zero-order chi connectivity index (χ0) is 10.5. The fourth-order valence-electron chi connectivity index (χ4n) is 0.660. The smallest absolute Gasteiger partial charge is 0.334 e. The van der Waals surface area contributed by atoms with E-state index in [4.69, 9.17) is 0 Å². The van der Waals surface area contributed by atoms with Crippen molar-refractivity contribution in [2.24, 2.45) is 0 Å². The van der Waals surface area contributed by atoms with Gasteiger partial charge in [-0.05, 0) is 6.92 Å². The van der Waals surface area contributed by atoms with E-state index >= 15 is 0 Å². The molecule has 0 fully saturated rings. The van der Waals surface area contributed by atoms with Crippen molar-refractivity contribution in [3.63, 3.8) is 0 Å². The van der Waals surface area contributed by atoms with Gasteiger partial charge in [0.15, 0.2) is 9.84 Å². The normalized spacial score (nSPS) is 10.9. The van der Waals surface area contributed by atoms with Crippen molar-refractivity contribution >= 4 is 15.8 Å². The van der Waals surface area contributed by atoms with Gasteiger partial charge in [0.25, 0.3) is 0 Å². The highest BCUT2D eigenvalue weighted by Gasteiger charge is 2.15. The Labute approximate surface area is 78.5 Å². The van der Waals surface area contributed by atoms with Crippen molar-refractivity contribution < 1.29 is 17.9 Å².